The molecule has 0 unspecified atom stereocenters. The first-order valence-corrected chi connectivity index (χ1v) is 1.54. The summed E-state index contributed by atoms with van der Waals surface area (Å²) < 4.78 is 3.53. The van der Waals surface area contributed by atoms with Gasteiger partial charge in [-0.2, -0.15) is 0 Å². The van der Waals surface area contributed by atoms with Crippen molar-refractivity contribution in [1.29, 1.82) is 0 Å². The van der Waals surface area contributed by atoms with Crippen LogP contribution in [-0.4, -0.2) is 17.2 Å². The molecule has 0 spiro atoms. The van der Waals surface area contributed by atoms with E-state index in [2.05, 4.69) is 4.74 Å². The van der Waals surface area contributed by atoms with Gasteiger partial charge in [0.05, 0.1) is 0 Å². The summed E-state index contributed by atoms with van der Waals surface area (Å²) >= 11 is 0. The molecule has 0 fully saturated rings. The molecule has 44 valence electrons. The molecule has 0 bridgehead atoms. The smallest absolute Gasteiger partial charge is 1.00 e. The van der Waals surface area contributed by atoms with Gasteiger partial charge in [-0.25, -0.2) is 4.79 Å². The molecule has 0 atom stereocenters. The molecule has 0 amide bonds. The quantitative estimate of drug-likeness (QED) is 0.222. The van der Waals surface area contributed by atoms with Gasteiger partial charge in [0.15, 0.2) is 0 Å². The molecule has 9 heavy (non-hydrogen) atoms. The fraction of sp³-hybridized carbons (Fsp3) is 0.333. The minimum Gasteiger partial charge on any atom is -1.00 e. The molecule has 4 nitrogen and oxygen atoms in total. The molecule has 6 heteroatoms. The van der Waals surface area contributed by atoms with E-state index in [1.54, 1.807) is 0 Å². The van der Waals surface area contributed by atoms with Gasteiger partial charge in [-0.1, -0.05) is 0 Å². The first-order valence-electron chi connectivity index (χ1n) is 1.54. The summed E-state index contributed by atoms with van der Waals surface area (Å²) in [6.45, 7) is 1.02. The summed E-state index contributed by atoms with van der Waals surface area (Å²) in [6, 6.07) is 0. The monoisotopic (exact) mass is 168 g/mol. The van der Waals surface area contributed by atoms with Gasteiger partial charge >= 0.3 is 93.1 Å². The maximum Gasteiger partial charge on any atom is 1.00 e. The second-order valence-electron chi connectivity index (χ2n) is 0.860. The minimum atomic E-state index is -1.56. The Labute approximate surface area is 120 Å². The van der Waals surface area contributed by atoms with Crippen molar-refractivity contribution in [3.8, 4) is 0 Å². The predicted octanol–water partition coefficient (Wildman–Crippen LogP) is -5.54. The normalized spacial score (nSPS) is 5.89. The van der Waals surface area contributed by atoms with Crippen molar-refractivity contribution in [3.63, 3.8) is 0 Å². The summed E-state index contributed by atoms with van der Waals surface area (Å²) in [5.74, 6) is -0.812. The van der Waals surface area contributed by atoms with E-state index in [9.17, 15) is 9.59 Å². The molecule has 0 radical (unpaired) electrons. The number of carbonyl (C=O) groups is 2. The molecule has 0 saturated heterocycles. The van der Waals surface area contributed by atoms with Gasteiger partial charge in [-0.05, 0) is 0 Å². The molecule has 1 N–H and O–H groups in total. The Balaban J connectivity index is -0.0000000300. The second kappa shape index (κ2) is 9.58. The van der Waals surface area contributed by atoms with Gasteiger partial charge in [0.25, 0.3) is 0 Å². The van der Waals surface area contributed by atoms with Crippen LogP contribution in [0.25, 0.3) is 0 Å². The standard InChI is InChI=1S/C3H4O4.K.Na.2H/c1-2(4)7-3(5)6;;;;/h1H3,(H,5,6);;;;/q;2*+1;2*-1. The van der Waals surface area contributed by atoms with Crippen molar-refractivity contribution >= 4 is 12.1 Å². The topological polar surface area (TPSA) is 63.6 Å². The first kappa shape index (κ1) is 16.9. The molecule has 0 aromatic carbocycles. The average molecular weight is 168 g/mol. The van der Waals surface area contributed by atoms with Gasteiger partial charge < -0.3 is 12.7 Å². The maximum absolute atomic E-state index is 9.65. The Bertz CT molecular complexity index is 99.5. The number of ether oxygens (including phenoxy) is 1. The van der Waals surface area contributed by atoms with Crippen LogP contribution in [0.1, 0.15) is 9.78 Å². The number of hydrogen-bond acceptors (Lipinski definition) is 3. The van der Waals surface area contributed by atoms with Crippen molar-refractivity contribution in [3.05, 3.63) is 0 Å². The molecule has 0 rings (SSSR count). The number of carbonyl (C=O) groups excluding carboxylic acids is 1. The van der Waals surface area contributed by atoms with Crippen LogP contribution in [0.2, 0.25) is 0 Å². The largest absolute Gasteiger partial charge is 1.00 e. The third-order valence-electron chi connectivity index (χ3n) is 0.231. The van der Waals surface area contributed by atoms with Crippen molar-refractivity contribution in [2.75, 3.05) is 0 Å². The number of carboxylic acid groups (broad SMARTS) is 1. The van der Waals surface area contributed by atoms with Crippen LogP contribution >= 0.6 is 0 Å². The van der Waals surface area contributed by atoms with Crippen molar-refractivity contribution < 1.29 is 103 Å². The molecular weight excluding hydrogens is 162 g/mol. The van der Waals surface area contributed by atoms with Gasteiger partial charge in [0.1, 0.15) is 0 Å². The van der Waals surface area contributed by atoms with E-state index in [0.29, 0.717) is 0 Å². The van der Waals surface area contributed by atoms with Gasteiger partial charge in [0.2, 0.25) is 0 Å². The summed E-state index contributed by atoms with van der Waals surface area (Å²) in [6.07, 6.45) is -1.56. The molecule has 0 aliphatic rings. The fourth-order valence-corrected chi connectivity index (χ4v) is 0.123. The van der Waals surface area contributed by atoms with Crippen LogP contribution in [0.3, 0.4) is 0 Å². The van der Waals surface area contributed by atoms with Crippen LogP contribution in [0.4, 0.5) is 4.79 Å². The van der Waals surface area contributed by atoms with Crippen molar-refractivity contribution in [1.82, 2.24) is 0 Å². The number of hydrogen-bond donors (Lipinski definition) is 1. The van der Waals surface area contributed by atoms with E-state index in [1.165, 1.54) is 0 Å². The summed E-state index contributed by atoms with van der Waals surface area (Å²) in [4.78, 5) is 19.0. The first-order chi connectivity index (χ1) is 3.13. The minimum absolute atomic E-state index is 0. The fourth-order valence-electron chi connectivity index (χ4n) is 0.123. The zero-order valence-electron chi connectivity index (χ0n) is 7.67. The van der Waals surface area contributed by atoms with Crippen LogP contribution in [0.15, 0.2) is 0 Å². The number of esters is 1. The molecule has 0 aromatic rings. The molecule has 0 aliphatic heterocycles. The molecule has 0 saturated carbocycles. The van der Waals surface area contributed by atoms with E-state index in [0.717, 1.165) is 6.92 Å². The summed E-state index contributed by atoms with van der Waals surface area (Å²) in [5.41, 5.74) is 0. The Morgan fingerprint density at radius 2 is 1.89 bits per heavy atom. The zero-order valence-corrected chi connectivity index (χ0v) is 10.8. The summed E-state index contributed by atoms with van der Waals surface area (Å²) in [7, 11) is 0. The van der Waals surface area contributed by atoms with Gasteiger partial charge in [-0.3, -0.25) is 4.79 Å². The van der Waals surface area contributed by atoms with Gasteiger partial charge in [-0.15, -0.1) is 0 Å². The maximum atomic E-state index is 9.65. The zero-order chi connectivity index (χ0) is 5.86. The Morgan fingerprint density at radius 3 is 1.89 bits per heavy atom. The van der Waals surface area contributed by atoms with E-state index < -0.39 is 12.1 Å². The molecular formula is C3H6KNaO4. The Morgan fingerprint density at radius 1 is 1.56 bits per heavy atom. The van der Waals surface area contributed by atoms with E-state index >= 15 is 0 Å². The van der Waals surface area contributed by atoms with Crippen molar-refractivity contribution in [2.24, 2.45) is 0 Å². The third kappa shape index (κ3) is 17.7. The molecule has 0 heterocycles. The number of rotatable bonds is 0. The average Bonchev–Trinajstić information content (AvgIpc) is 1.27. The Kier molecular flexibility index (Phi) is 18.0. The Hall–Kier alpha value is 1.58. The van der Waals surface area contributed by atoms with Gasteiger partial charge in [0, 0.05) is 6.92 Å². The summed E-state index contributed by atoms with van der Waals surface area (Å²) in [5, 5.41) is 7.64. The van der Waals surface area contributed by atoms with Crippen molar-refractivity contribution in [2.45, 2.75) is 6.92 Å². The predicted molar refractivity (Wildman–Crippen MR) is 22.0 cm³/mol. The molecule has 0 aliphatic carbocycles. The van der Waals surface area contributed by atoms with E-state index in [-0.39, 0.29) is 83.8 Å². The SMILES string of the molecule is CC(=O)OC(=O)O.[H-].[H-].[K+].[Na+]. The van der Waals surface area contributed by atoms with Crippen LogP contribution < -0.4 is 80.9 Å². The van der Waals surface area contributed by atoms with E-state index in [4.69, 9.17) is 5.11 Å². The van der Waals surface area contributed by atoms with Crippen LogP contribution in [-0.2, 0) is 9.53 Å². The van der Waals surface area contributed by atoms with Crippen LogP contribution in [0.5, 0.6) is 0 Å². The second-order valence-corrected chi connectivity index (χ2v) is 0.860. The van der Waals surface area contributed by atoms with Crippen LogP contribution in [0, 0.1) is 0 Å². The molecule has 0 aromatic heterocycles. The van der Waals surface area contributed by atoms with E-state index in [1.807, 2.05) is 0 Å². The third-order valence-corrected chi connectivity index (χ3v) is 0.231.